The van der Waals surface area contributed by atoms with Crippen LogP contribution in [0.1, 0.15) is 33.6 Å². The van der Waals surface area contributed by atoms with Crippen molar-refractivity contribution in [3.8, 4) is 0 Å². The molecule has 1 aromatic heterocycles. The molecule has 0 amide bonds. The predicted octanol–water partition coefficient (Wildman–Crippen LogP) is 4.87. The Morgan fingerprint density at radius 2 is 1.92 bits per heavy atom. The lowest BCUT2D eigenvalue weighted by Gasteiger charge is -2.39. The number of hydrogen-bond donors (Lipinski definition) is 0. The minimum absolute atomic E-state index is 0.0456. The summed E-state index contributed by atoms with van der Waals surface area (Å²) in [6.45, 7) is 10.9. The van der Waals surface area contributed by atoms with Crippen LogP contribution in [-0.2, 0) is 14.3 Å². The summed E-state index contributed by atoms with van der Waals surface area (Å²) < 4.78 is 33.6. The Balaban J connectivity index is 1.84. The Labute approximate surface area is 155 Å². The zero-order valence-electron chi connectivity index (χ0n) is 15.6. The monoisotopic (exact) mass is 397 g/mol. The zero-order chi connectivity index (χ0) is 18.5. The molecule has 7 heteroatoms. The first-order chi connectivity index (χ1) is 11.5. The van der Waals surface area contributed by atoms with Gasteiger partial charge in [0.2, 0.25) is 14.2 Å². The maximum Gasteiger partial charge on any atom is 0.210 e. The smallest absolute Gasteiger partial charge is 0.210 e. The SMILES string of the molecule is CC(C)(C)[Si](C)(C)O[C@H](CS(=O)(=O)c1nc2ccccc2s1)C1CC1. The molecule has 1 fully saturated rings. The fourth-order valence-electron chi connectivity index (χ4n) is 2.56. The molecule has 138 valence electrons. The van der Waals surface area contributed by atoms with Crippen LogP contribution < -0.4 is 0 Å². The average Bonchev–Trinajstić information content (AvgIpc) is 3.23. The molecule has 0 spiro atoms. The molecule has 0 aliphatic heterocycles. The molecule has 2 aromatic rings. The van der Waals surface area contributed by atoms with E-state index in [2.05, 4.69) is 38.8 Å². The van der Waals surface area contributed by atoms with E-state index in [-0.39, 0.29) is 21.2 Å². The summed E-state index contributed by atoms with van der Waals surface area (Å²) in [5, 5.41) is 0.0692. The maximum atomic E-state index is 13.0. The highest BCUT2D eigenvalue weighted by Gasteiger charge is 2.44. The van der Waals surface area contributed by atoms with Gasteiger partial charge in [-0.25, -0.2) is 13.4 Å². The van der Waals surface area contributed by atoms with Gasteiger partial charge in [0, 0.05) is 0 Å². The van der Waals surface area contributed by atoms with Crippen LogP contribution in [0.25, 0.3) is 10.2 Å². The second-order valence-electron chi connectivity index (χ2n) is 8.48. The summed E-state index contributed by atoms with van der Waals surface area (Å²) in [7, 11) is -5.44. The molecule has 0 N–H and O–H groups in total. The molecule has 1 aliphatic rings. The third-order valence-electron chi connectivity index (χ3n) is 5.32. The van der Waals surface area contributed by atoms with E-state index >= 15 is 0 Å². The van der Waals surface area contributed by atoms with Crippen molar-refractivity contribution in [2.45, 2.75) is 62.2 Å². The van der Waals surface area contributed by atoms with E-state index in [1.807, 2.05) is 24.3 Å². The number of rotatable bonds is 6. The van der Waals surface area contributed by atoms with Crippen molar-refractivity contribution < 1.29 is 12.8 Å². The third kappa shape index (κ3) is 4.15. The molecular formula is C18H27NO3S2Si. The summed E-state index contributed by atoms with van der Waals surface area (Å²) in [6, 6.07) is 7.56. The van der Waals surface area contributed by atoms with Gasteiger partial charge in [0.15, 0.2) is 8.32 Å². The van der Waals surface area contributed by atoms with E-state index < -0.39 is 18.2 Å². The van der Waals surface area contributed by atoms with Crippen molar-refractivity contribution in [2.75, 3.05) is 5.75 Å². The van der Waals surface area contributed by atoms with E-state index in [0.717, 1.165) is 23.1 Å². The van der Waals surface area contributed by atoms with Crippen LogP contribution >= 0.6 is 11.3 Å². The van der Waals surface area contributed by atoms with E-state index in [4.69, 9.17) is 4.43 Å². The van der Waals surface area contributed by atoms with Crippen molar-refractivity contribution in [2.24, 2.45) is 5.92 Å². The standard InChI is InChI=1S/C18H27NO3S2Si/c1-18(2,3)25(4,5)22-15(13-10-11-13)12-24(20,21)17-19-14-8-6-7-9-16(14)23-17/h6-9,13,15H,10-12H2,1-5H3/t15-/m1/s1. The van der Waals surface area contributed by atoms with Crippen molar-refractivity contribution in [1.29, 1.82) is 0 Å². The van der Waals surface area contributed by atoms with Crippen LogP contribution in [0.3, 0.4) is 0 Å². The summed E-state index contributed by atoms with van der Waals surface area (Å²) in [6.07, 6.45) is 1.92. The number of thiazole rings is 1. The minimum atomic E-state index is -3.44. The molecule has 1 aromatic carbocycles. The van der Waals surface area contributed by atoms with Crippen LogP contribution in [0, 0.1) is 5.92 Å². The van der Waals surface area contributed by atoms with E-state index in [1.54, 1.807) is 0 Å². The molecule has 3 rings (SSSR count). The number of hydrogen-bond acceptors (Lipinski definition) is 5. The van der Waals surface area contributed by atoms with E-state index in [1.165, 1.54) is 11.3 Å². The number of aromatic nitrogens is 1. The van der Waals surface area contributed by atoms with Gasteiger partial charge in [0.25, 0.3) is 0 Å². The van der Waals surface area contributed by atoms with Crippen molar-refractivity contribution in [1.82, 2.24) is 4.98 Å². The highest BCUT2D eigenvalue weighted by molar-refractivity contribution is 7.93. The lowest BCUT2D eigenvalue weighted by atomic mass is 10.2. The van der Waals surface area contributed by atoms with Gasteiger partial charge in [-0.3, -0.25) is 0 Å². The van der Waals surface area contributed by atoms with Crippen LogP contribution in [0.15, 0.2) is 28.6 Å². The highest BCUT2D eigenvalue weighted by Crippen LogP contribution is 2.43. The van der Waals surface area contributed by atoms with Crippen LogP contribution in [0.5, 0.6) is 0 Å². The Morgan fingerprint density at radius 3 is 2.48 bits per heavy atom. The van der Waals surface area contributed by atoms with Crippen molar-refractivity contribution in [3.05, 3.63) is 24.3 Å². The molecule has 1 aliphatic carbocycles. The molecule has 1 atom stereocenters. The molecule has 4 nitrogen and oxygen atoms in total. The molecule has 1 saturated carbocycles. The quantitative estimate of drug-likeness (QED) is 0.653. The molecule has 0 saturated heterocycles. The molecule has 25 heavy (non-hydrogen) atoms. The Bertz CT molecular complexity index is 831. The summed E-state index contributed by atoms with van der Waals surface area (Å²) in [5.74, 6) is 0.419. The van der Waals surface area contributed by atoms with Gasteiger partial charge in [-0.15, -0.1) is 11.3 Å². The van der Waals surface area contributed by atoms with Crippen LogP contribution in [0.2, 0.25) is 18.1 Å². The molecule has 0 unspecified atom stereocenters. The Kier molecular flexibility index (Phi) is 4.90. The molecule has 0 radical (unpaired) electrons. The Hall–Kier alpha value is -0.763. The predicted molar refractivity (Wildman–Crippen MR) is 106 cm³/mol. The number of benzene rings is 1. The van der Waals surface area contributed by atoms with Gasteiger partial charge in [-0.1, -0.05) is 32.9 Å². The van der Waals surface area contributed by atoms with Gasteiger partial charge >= 0.3 is 0 Å². The number of nitrogens with zero attached hydrogens (tertiary/aromatic N) is 1. The van der Waals surface area contributed by atoms with Crippen LogP contribution in [0.4, 0.5) is 0 Å². The number of sulfone groups is 1. The van der Waals surface area contributed by atoms with Gasteiger partial charge in [0.05, 0.1) is 22.1 Å². The average molecular weight is 398 g/mol. The van der Waals surface area contributed by atoms with Gasteiger partial charge in [-0.2, -0.15) is 0 Å². The first kappa shape index (κ1) is 19.0. The lowest BCUT2D eigenvalue weighted by molar-refractivity contribution is 0.179. The summed E-state index contributed by atoms with van der Waals surface area (Å²) in [5.41, 5.74) is 0.749. The van der Waals surface area contributed by atoms with Gasteiger partial charge < -0.3 is 4.43 Å². The maximum absolute atomic E-state index is 13.0. The Morgan fingerprint density at radius 1 is 1.28 bits per heavy atom. The van der Waals surface area contributed by atoms with Crippen molar-refractivity contribution >= 4 is 39.7 Å². The molecule has 0 bridgehead atoms. The first-order valence-corrected chi connectivity index (χ1v) is 14.1. The second kappa shape index (κ2) is 6.44. The number of para-hydroxylation sites is 1. The zero-order valence-corrected chi connectivity index (χ0v) is 18.2. The largest absolute Gasteiger partial charge is 0.413 e. The van der Waals surface area contributed by atoms with E-state index in [9.17, 15) is 8.42 Å². The summed E-state index contributed by atoms with van der Waals surface area (Å²) in [4.78, 5) is 4.35. The number of fused-ring (bicyclic) bond motifs is 1. The summed E-state index contributed by atoms with van der Waals surface area (Å²) >= 11 is 1.26. The fourth-order valence-corrected chi connectivity index (χ4v) is 6.90. The van der Waals surface area contributed by atoms with Crippen molar-refractivity contribution in [3.63, 3.8) is 0 Å². The van der Waals surface area contributed by atoms with Gasteiger partial charge in [-0.05, 0) is 49.0 Å². The fraction of sp³-hybridized carbons (Fsp3) is 0.611. The molecular weight excluding hydrogens is 370 g/mol. The minimum Gasteiger partial charge on any atom is -0.413 e. The lowest BCUT2D eigenvalue weighted by Crippen LogP contribution is -2.46. The molecule has 1 heterocycles. The third-order valence-corrected chi connectivity index (χ3v) is 13.1. The first-order valence-electron chi connectivity index (χ1n) is 8.76. The van der Waals surface area contributed by atoms with Gasteiger partial charge in [0.1, 0.15) is 0 Å². The topological polar surface area (TPSA) is 56.3 Å². The highest BCUT2D eigenvalue weighted by atomic mass is 32.2. The normalized spacial score (nSPS) is 17.8. The van der Waals surface area contributed by atoms with Crippen LogP contribution in [-0.4, -0.2) is 33.6 Å². The van der Waals surface area contributed by atoms with E-state index in [0.29, 0.717) is 5.92 Å². The second-order valence-corrected chi connectivity index (χ2v) is 16.5.